The van der Waals surface area contributed by atoms with Gasteiger partial charge in [-0.3, -0.25) is 4.79 Å². The van der Waals surface area contributed by atoms with Crippen molar-refractivity contribution in [2.24, 2.45) is 5.73 Å². The van der Waals surface area contributed by atoms with Gasteiger partial charge < -0.3 is 15.6 Å². The molecule has 3 aromatic rings. The molecule has 184 valence electrons. The van der Waals surface area contributed by atoms with E-state index in [1.54, 1.807) is 0 Å². The lowest BCUT2D eigenvalue weighted by molar-refractivity contribution is -0.106. The number of benzene rings is 1. The second kappa shape index (κ2) is 14.5. The maximum atomic E-state index is 8.58. The number of hydrogen-bond donors (Lipinski definition) is 2. The third-order valence-electron chi connectivity index (χ3n) is 6.15. The van der Waals surface area contributed by atoms with Crippen LogP contribution in [0.15, 0.2) is 54.9 Å². The lowest BCUT2D eigenvalue weighted by Crippen LogP contribution is -2.21. The van der Waals surface area contributed by atoms with E-state index in [1.165, 1.54) is 40.6 Å². The summed E-state index contributed by atoms with van der Waals surface area (Å²) in [4.78, 5) is 19.0. The van der Waals surface area contributed by atoms with Gasteiger partial charge in [-0.25, -0.2) is 4.98 Å². The second-order valence-electron chi connectivity index (χ2n) is 7.97. The number of nitrogens with zero attached hydrogens (tertiary/aromatic N) is 2. The number of H-pyrrole nitrogens is 1. The van der Waals surface area contributed by atoms with Gasteiger partial charge in [0, 0.05) is 47.7 Å². The first kappa shape index (κ1) is 27.5. The normalized spacial score (nSPS) is 16.7. The Balaban J connectivity index is 0.000000758. The SMILES string of the molecule is CC.CCN(CC)c1ccc(Cc2c[nH]c3ncc(C4C=CC(SC)CC4)cc23)cc1.NC=O. The van der Waals surface area contributed by atoms with Crippen molar-refractivity contribution in [2.45, 2.75) is 58.1 Å². The maximum Gasteiger partial charge on any atom is 0.204 e. The standard InChI is InChI=1S/C25H31N3S.C2H6.CH3NO/c1-4-28(5-2)22-10-6-18(7-11-22)14-21-17-27-25-24(21)15-20(16-26-25)19-8-12-23(29-3)13-9-19;1-2;2-1-3/h6-8,10-12,15-17,19,23H,4-5,9,13-14H2,1-3H3,(H,26,27);1-2H3;1H,(H2,2,3). The van der Waals surface area contributed by atoms with Gasteiger partial charge in [0.25, 0.3) is 0 Å². The molecule has 2 unspecified atom stereocenters. The topological polar surface area (TPSA) is 75.0 Å². The number of hydrogen-bond acceptors (Lipinski definition) is 4. The van der Waals surface area contributed by atoms with E-state index in [1.807, 2.05) is 25.6 Å². The van der Waals surface area contributed by atoms with Gasteiger partial charge in [0.1, 0.15) is 5.65 Å². The highest BCUT2D eigenvalue weighted by Gasteiger charge is 2.18. The summed E-state index contributed by atoms with van der Waals surface area (Å²) in [6.07, 6.45) is 14.8. The second-order valence-corrected chi connectivity index (χ2v) is 9.05. The number of fused-ring (bicyclic) bond motifs is 1. The number of rotatable bonds is 7. The molecule has 0 bridgehead atoms. The van der Waals surface area contributed by atoms with E-state index < -0.39 is 0 Å². The number of nitrogens with one attached hydrogen (secondary N) is 1. The summed E-state index contributed by atoms with van der Waals surface area (Å²) >= 11 is 1.95. The van der Waals surface area contributed by atoms with Crippen LogP contribution in [0.2, 0.25) is 0 Å². The van der Waals surface area contributed by atoms with Crippen LogP contribution in [0.4, 0.5) is 5.69 Å². The molecule has 6 heteroatoms. The summed E-state index contributed by atoms with van der Waals surface area (Å²) in [7, 11) is 0. The predicted octanol–water partition coefficient (Wildman–Crippen LogP) is 6.29. The Morgan fingerprint density at radius 1 is 1.15 bits per heavy atom. The maximum absolute atomic E-state index is 8.58. The summed E-state index contributed by atoms with van der Waals surface area (Å²) in [6.45, 7) is 10.5. The molecule has 0 radical (unpaired) electrons. The Morgan fingerprint density at radius 3 is 2.38 bits per heavy atom. The molecule has 1 amide bonds. The van der Waals surface area contributed by atoms with Crippen LogP contribution in [0.5, 0.6) is 0 Å². The number of nitrogens with two attached hydrogens (primary N) is 1. The number of aromatic nitrogens is 2. The monoisotopic (exact) mass is 480 g/mol. The number of allylic oxidation sites excluding steroid dienone is 1. The van der Waals surface area contributed by atoms with E-state index in [2.05, 4.69) is 90.6 Å². The molecular formula is C28H40N4OS. The molecule has 2 atom stereocenters. The Hall–Kier alpha value is -2.73. The number of anilines is 1. The van der Waals surface area contributed by atoms with Gasteiger partial charge in [0.2, 0.25) is 6.41 Å². The first-order chi connectivity index (χ1) is 16.6. The first-order valence-corrected chi connectivity index (χ1v) is 13.6. The lowest BCUT2D eigenvalue weighted by atomic mass is 9.89. The molecule has 0 aliphatic heterocycles. The van der Waals surface area contributed by atoms with Crippen molar-refractivity contribution in [3.05, 3.63) is 71.6 Å². The third-order valence-corrected chi connectivity index (χ3v) is 7.15. The van der Waals surface area contributed by atoms with Gasteiger partial charge in [-0.2, -0.15) is 11.8 Å². The molecular weight excluding hydrogens is 440 g/mol. The molecule has 4 rings (SSSR count). The zero-order valence-corrected chi connectivity index (χ0v) is 22.1. The number of carbonyl (C=O) groups excluding carboxylic acids is 1. The average Bonchev–Trinajstić information content (AvgIpc) is 3.29. The molecule has 0 saturated carbocycles. The summed E-state index contributed by atoms with van der Waals surface area (Å²) in [5.41, 5.74) is 10.5. The molecule has 1 aromatic carbocycles. The van der Waals surface area contributed by atoms with Crippen LogP contribution in [-0.4, -0.2) is 41.0 Å². The molecule has 1 aliphatic rings. The Bertz CT molecular complexity index is 1020. The summed E-state index contributed by atoms with van der Waals surface area (Å²) in [5.74, 6) is 0.492. The minimum Gasteiger partial charge on any atom is -0.372 e. The zero-order chi connectivity index (χ0) is 24.9. The quantitative estimate of drug-likeness (QED) is 0.308. The van der Waals surface area contributed by atoms with E-state index in [0.717, 1.165) is 25.2 Å². The van der Waals surface area contributed by atoms with E-state index in [0.29, 0.717) is 11.2 Å². The van der Waals surface area contributed by atoms with Crippen LogP contribution >= 0.6 is 11.8 Å². The van der Waals surface area contributed by atoms with Crippen LogP contribution < -0.4 is 10.6 Å². The smallest absolute Gasteiger partial charge is 0.204 e. The molecule has 34 heavy (non-hydrogen) atoms. The fraction of sp³-hybridized carbons (Fsp3) is 0.429. The summed E-state index contributed by atoms with van der Waals surface area (Å²) < 4.78 is 0. The molecule has 5 nitrogen and oxygen atoms in total. The molecule has 0 fully saturated rings. The number of carbonyl (C=O) groups is 1. The van der Waals surface area contributed by atoms with Gasteiger partial charge in [0.15, 0.2) is 0 Å². The van der Waals surface area contributed by atoms with E-state index in [9.17, 15) is 0 Å². The fourth-order valence-corrected chi connectivity index (χ4v) is 4.94. The number of pyridine rings is 1. The van der Waals surface area contributed by atoms with Crippen molar-refractivity contribution >= 4 is 34.9 Å². The van der Waals surface area contributed by atoms with E-state index >= 15 is 0 Å². The Morgan fingerprint density at radius 2 is 1.82 bits per heavy atom. The largest absolute Gasteiger partial charge is 0.372 e. The van der Waals surface area contributed by atoms with Crippen molar-refractivity contribution in [1.82, 2.24) is 9.97 Å². The van der Waals surface area contributed by atoms with Crippen molar-refractivity contribution in [3.8, 4) is 0 Å². The summed E-state index contributed by atoms with van der Waals surface area (Å²) in [6, 6.07) is 11.4. The number of amides is 1. The van der Waals surface area contributed by atoms with Crippen molar-refractivity contribution in [2.75, 3.05) is 24.2 Å². The number of aromatic amines is 1. The number of primary amides is 1. The minimum absolute atomic E-state index is 0.250. The van der Waals surface area contributed by atoms with E-state index in [-0.39, 0.29) is 6.41 Å². The van der Waals surface area contributed by atoms with Gasteiger partial charge >= 0.3 is 0 Å². The molecule has 2 heterocycles. The molecule has 3 N–H and O–H groups in total. The molecule has 2 aromatic heterocycles. The highest BCUT2D eigenvalue weighted by Crippen LogP contribution is 2.33. The first-order valence-electron chi connectivity index (χ1n) is 12.3. The number of thioether (sulfide) groups is 1. The predicted molar refractivity (Wildman–Crippen MR) is 149 cm³/mol. The van der Waals surface area contributed by atoms with Crippen molar-refractivity contribution < 1.29 is 4.79 Å². The Kier molecular flexibility index (Phi) is 11.7. The van der Waals surface area contributed by atoms with Crippen LogP contribution in [0.1, 0.15) is 63.1 Å². The van der Waals surface area contributed by atoms with Gasteiger partial charge in [-0.15, -0.1) is 0 Å². The van der Waals surface area contributed by atoms with Crippen molar-refractivity contribution in [3.63, 3.8) is 0 Å². The van der Waals surface area contributed by atoms with Crippen LogP contribution in [0.25, 0.3) is 11.0 Å². The molecule has 1 aliphatic carbocycles. The zero-order valence-electron chi connectivity index (χ0n) is 21.3. The summed E-state index contributed by atoms with van der Waals surface area (Å²) in [5, 5.41) is 1.93. The van der Waals surface area contributed by atoms with Gasteiger partial charge in [-0.05, 0) is 74.3 Å². The minimum atomic E-state index is 0.250. The van der Waals surface area contributed by atoms with Crippen molar-refractivity contribution in [1.29, 1.82) is 0 Å². The third kappa shape index (κ3) is 7.13. The van der Waals surface area contributed by atoms with Crippen LogP contribution in [0, 0.1) is 0 Å². The highest BCUT2D eigenvalue weighted by atomic mass is 32.2. The Labute approximate surface area is 209 Å². The van der Waals surface area contributed by atoms with E-state index in [4.69, 9.17) is 9.78 Å². The molecule has 0 spiro atoms. The fourth-order valence-electron chi connectivity index (χ4n) is 4.32. The molecule has 0 saturated heterocycles. The lowest BCUT2D eigenvalue weighted by Gasteiger charge is -2.21. The van der Waals surface area contributed by atoms with Gasteiger partial charge in [0.05, 0.1) is 0 Å². The van der Waals surface area contributed by atoms with Crippen LogP contribution in [0.3, 0.4) is 0 Å². The highest BCUT2D eigenvalue weighted by molar-refractivity contribution is 7.99. The average molecular weight is 481 g/mol. The van der Waals surface area contributed by atoms with Gasteiger partial charge in [-0.1, -0.05) is 38.1 Å². The van der Waals surface area contributed by atoms with Crippen LogP contribution in [-0.2, 0) is 11.2 Å².